The number of pyridine rings is 1. The summed E-state index contributed by atoms with van der Waals surface area (Å²) in [4.78, 5) is 30.9. The van der Waals surface area contributed by atoms with Crippen LogP contribution in [0.25, 0.3) is 11.1 Å². The number of hydrogen-bond donors (Lipinski definition) is 0. The van der Waals surface area contributed by atoms with Gasteiger partial charge in [0.1, 0.15) is 0 Å². The SMILES string of the molecule is CCCC(=O)N(C)c1ccc(-c2ccc(C(=O)CCc3ccc(C)nc3C)cc2)cc1. The van der Waals surface area contributed by atoms with Crippen LogP contribution in [-0.2, 0) is 11.2 Å². The topological polar surface area (TPSA) is 50.3 Å². The van der Waals surface area contributed by atoms with Gasteiger partial charge in [-0.25, -0.2) is 0 Å². The molecular weight excluding hydrogens is 384 g/mol. The second-order valence-electron chi connectivity index (χ2n) is 7.95. The number of benzene rings is 2. The lowest BCUT2D eigenvalue weighted by atomic mass is 9.99. The van der Waals surface area contributed by atoms with Gasteiger partial charge in [0, 0.05) is 42.5 Å². The molecule has 4 nitrogen and oxygen atoms in total. The molecule has 1 amide bonds. The molecule has 0 fully saturated rings. The van der Waals surface area contributed by atoms with Crippen LogP contribution in [0.3, 0.4) is 0 Å². The van der Waals surface area contributed by atoms with Gasteiger partial charge in [-0.15, -0.1) is 0 Å². The number of nitrogens with zero attached hydrogens (tertiary/aromatic N) is 2. The first-order chi connectivity index (χ1) is 14.9. The molecule has 4 heteroatoms. The number of anilines is 1. The van der Waals surface area contributed by atoms with Gasteiger partial charge in [0.25, 0.3) is 0 Å². The van der Waals surface area contributed by atoms with Crippen molar-refractivity contribution in [3.8, 4) is 11.1 Å². The minimum absolute atomic E-state index is 0.120. The molecule has 3 aromatic rings. The van der Waals surface area contributed by atoms with Crippen LogP contribution in [0.2, 0.25) is 0 Å². The van der Waals surface area contributed by atoms with E-state index in [4.69, 9.17) is 0 Å². The van der Waals surface area contributed by atoms with E-state index < -0.39 is 0 Å². The Morgan fingerprint density at radius 3 is 2.03 bits per heavy atom. The molecule has 31 heavy (non-hydrogen) atoms. The third kappa shape index (κ3) is 5.66. The molecule has 0 spiro atoms. The second kappa shape index (κ2) is 10.2. The Balaban J connectivity index is 1.64. The molecule has 0 saturated heterocycles. The van der Waals surface area contributed by atoms with Crippen LogP contribution in [0.15, 0.2) is 60.7 Å². The maximum Gasteiger partial charge on any atom is 0.226 e. The molecule has 0 aliphatic carbocycles. The monoisotopic (exact) mass is 414 g/mol. The Morgan fingerprint density at radius 1 is 0.839 bits per heavy atom. The zero-order valence-electron chi connectivity index (χ0n) is 18.8. The van der Waals surface area contributed by atoms with Crippen molar-refractivity contribution in [2.24, 2.45) is 0 Å². The summed E-state index contributed by atoms with van der Waals surface area (Å²) < 4.78 is 0. The minimum Gasteiger partial charge on any atom is -0.316 e. The van der Waals surface area contributed by atoms with Gasteiger partial charge in [-0.1, -0.05) is 49.4 Å². The molecule has 0 aliphatic rings. The molecule has 0 bridgehead atoms. The predicted molar refractivity (Wildman–Crippen MR) is 127 cm³/mol. The molecule has 0 atom stereocenters. The van der Waals surface area contributed by atoms with E-state index in [0.29, 0.717) is 19.3 Å². The molecule has 1 aromatic heterocycles. The van der Waals surface area contributed by atoms with E-state index in [1.165, 1.54) is 0 Å². The van der Waals surface area contributed by atoms with Crippen LogP contribution in [-0.4, -0.2) is 23.7 Å². The average Bonchev–Trinajstić information content (AvgIpc) is 2.78. The first kappa shape index (κ1) is 22.4. The summed E-state index contributed by atoms with van der Waals surface area (Å²) in [7, 11) is 1.81. The quantitative estimate of drug-likeness (QED) is 0.428. The smallest absolute Gasteiger partial charge is 0.226 e. The van der Waals surface area contributed by atoms with Crippen molar-refractivity contribution >= 4 is 17.4 Å². The number of aryl methyl sites for hydroxylation is 3. The van der Waals surface area contributed by atoms with E-state index in [0.717, 1.165) is 45.7 Å². The summed E-state index contributed by atoms with van der Waals surface area (Å²) in [6, 6.07) is 19.7. The summed E-state index contributed by atoms with van der Waals surface area (Å²) in [5, 5.41) is 0. The fourth-order valence-electron chi connectivity index (χ4n) is 3.62. The molecule has 0 radical (unpaired) electrons. The highest BCUT2D eigenvalue weighted by atomic mass is 16.2. The number of amides is 1. The molecule has 0 N–H and O–H groups in total. The van der Waals surface area contributed by atoms with Crippen LogP contribution >= 0.6 is 0 Å². The lowest BCUT2D eigenvalue weighted by Crippen LogP contribution is -2.25. The van der Waals surface area contributed by atoms with Gasteiger partial charge in [0.15, 0.2) is 5.78 Å². The van der Waals surface area contributed by atoms with Crippen LogP contribution in [0.1, 0.15) is 53.5 Å². The number of carbonyl (C=O) groups is 2. The summed E-state index contributed by atoms with van der Waals surface area (Å²) in [5.41, 5.74) is 6.82. The fraction of sp³-hybridized carbons (Fsp3) is 0.296. The maximum absolute atomic E-state index is 12.6. The van der Waals surface area contributed by atoms with Crippen molar-refractivity contribution in [3.63, 3.8) is 0 Å². The van der Waals surface area contributed by atoms with Gasteiger partial charge in [-0.2, -0.15) is 0 Å². The molecule has 3 rings (SSSR count). The molecule has 0 unspecified atom stereocenters. The summed E-state index contributed by atoms with van der Waals surface area (Å²) in [6.45, 7) is 5.97. The van der Waals surface area contributed by atoms with E-state index in [1.807, 2.05) is 82.4 Å². The molecule has 0 aliphatic heterocycles. The van der Waals surface area contributed by atoms with Gasteiger partial charge in [-0.3, -0.25) is 14.6 Å². The number of ketones is 1. The van der Waals surface area contributed by atoms with Crippen molar-refractivity contribution in [2.75, 3.05) is 11.9 Å². The van der Waals surface area contributed by atoms with Crippen molar-refractivity contribution in [2.45, 2.75) is 46.5 Å². The maximum atomic E-state index is 12.6. The number of Topliss-reactive ketones (excluding diaryl/α,β-unsaturated/α-hetero) is 1. The molecule has 160 valence electrons. The van der Waals surface area contributed by atoms with Crippen molar-refractivity contribution < 1.29 is 9.59 Å². The number of hydrogen-bond acceptors (Lipinski definition) is 3. The first-order valence-corrected chi connectivity index (χ1v) is 10.8. The second-order valence-corrected chi connectivity index (χ2v) is 7.95. The van der Waals surface area contributed by atoms with Crippen LogP contribution in [0.4, 0.5) is 5.69 Å². The van der Waals surface area contributed by atoms with E-state index in [9.17, 15) is 9.59 Å². The molecular formula is C27H30N2O2. The third-order valence-corrected chi connectivity index (χ3v) is 5.59. The van der Waals surface area contributed by atoms with E-state index in [-0.39, 0.29) is 11.7 Å². The van der Waals surface area contributed by atoms with Crippen molar-refractivity contribution in [1.82, 2.24) is 4.98 Å². The highest BCUT2D eigenvalue weighted by molar-refractivity contribution is 5.96. The Morgan fingerprint density at radius 2 is 1.45 bits per heavy atom. The summed E-state index contributed by atoms with van der Waals surface area (Å²) >= 11 is 0. The zero-order valence-corrected chi connectivity index (χ0v) is 18.8. The van der Waals surface area contributed by atoms with Crippen LogP contribution in [0.5, 0.6) is 0 Å². The van der Waals surface area contributed by atoms with Crippen molar-refractivity contribution in [1.29, 1.82) is 0 Å². The normalized spacial score (nSPS) is 10.7. The van der Waals surface area contributed by atoms with Crippen molar-refractivity contribution in [3.05, 3.63) is 83.2 Å². The third-order valence-electron chi connectivity index (χ3n) is 5.59. The first-order valence-electron chi connectivity index (χ1n) is 10.8. The van der Waals surface area contributed by atoms with Gasteiger partial charge >= 0.3 is 0 Å². The predicted octanol–water partition coefficient (Wildman–Crippen LogP) is 5.94. The lowest BCUT2D eigenvalue weighted by molar-refractivity contribution is -0.118. The van der Waals surface area contributed by atoms with Gasteiger partial charge in [0.05, 0.1) is 0 Å². The number of carbonyl (C=O) groups excluding carboxylic acids is 2. The highest BCUT2D eigenvalue weighted by Gasteiger charge is 2.11. The Bertz CT molecular complexity index is 1050. The Kier molecular flexibility index (Phi) is 7.35. The molecule has 0 saturated carbocycles. The van der Waals surface area contributed by atoms with Gasteiger partial charge in [0.2, 0.25) is 5.91 Å². The zero-order chi connectivity index (χ0) is 22.4. The highest BCUT2D eigenvalue weighted by Crippen LogP contribution is 2.24. The minimum atomic E-state index is 0.120. The van der Waals surface area contributed by atoms with Crippen LogP contribution < -0.4 is 4.90 Å². The Hall–Kier alpha value is -3.27. The molecule has 2 aromatic carbocycles. The Labute approximate surface area is 184 Å². The van der Waals surface area contributed by atoms with Gasteiger partial charge in [-0.05, 0) is 61.6 Å². The summed E-state index contributed by atoms with van der Waals surface area (Å²) in [5.74, 6) is 0.257. The largest absolute Gasteiger partial charge is 0.316 e. The lowest BCUT2D eigenvalue weighted by Gasteiger charge is -2.17. The number of rotatable bonds is 8. The van der Waals surface area contributed by atoms with E-state index in [1.54, 1.807) is 4.90 Å². The fourth-order valence-corrected chi connectivity index (χ4v) is 3.62. The van der Waals surface area contributed by atoms with E-state index >= 15 is 0 Å². The van der Waals surface area contributed by atoms with E-state index in [2.05, 4.69) is 11.1 Å². The summed E-state index contributed by atoms with van der Waals surface area (Å²) in [6.07, 6.45) is 2.56. The standard InChI is InChI=1S/C27H30N2O2/c1-5-6-27(31)29(4)25-16-13-23(14-17-25)22-9-11-24(12-10-22)26(30)18-15-21-8-7-19(2)28-20(21)3/h7-14,16-17H,5-6,15,18H2,1-4H3. The van der Waals surface area contributed by atoms with Gasteiger partial charge < -0.3 is 4.90 Å². The number of aromatic nitrogens is 1. The average molecular weight is 415 g/mol. The molecule has 1 heterocycles. The van der Waals surface area contributed by atoms with Crippen LogP contribution in [0, 0.1) is 13.8 Å².